The fourth-order valence-electron chi connectivity index (χ4n) is 0.585. The van der Waals surface area contributed by atoms with Crippen LogP contribution in [0.5, 0.6) is 0 Å². The zero-order chi connectivity index (χ0) is 7.56. The molecule has 10 heavy (non-hydrogen) atoms. The van der Waals surface area contributed by atoms with Crippen LogP contribution in [0.15, 0.2) is 21.2 Å². The summed E-state index contributed by atoms with van der Waals surface area (Å²) in [4.78, 5) is 4.11. The van der Waals surface area contributed by atoms with E-state index in [9.17, 15) is 0 Å². The van der Waals surface area contributed by atoms with Crippen molar-refractivity contribution in [3.8, 4) is 0 Å². The molecule has 0 bridgehead atoms. The van der Waals surface area contributed by atoms with Gasteiger partial charge < -0.3 is 0 Å². The van der Waals surface area contributed by atoms with Gasteiger partial charge in [0.15, 0.2) is 0 Å². The fourth-order valence-corrected chi connectivity index (χ4v) is 1.98. The molecule has 0 aliphatic rings. The first-order valence-corrected chi connectivity index (χ1v) is 4.72. The minimum Gasteiger partial charge on any atom is -0.245 e. The van der Waals surface area contributed by atoms with E-state index in [2.05, 4.69) is 36.8 Å². The molecule has 0 spiro atoms. The third-order valence-corrected chi connectivity index (χ3v) is 2.09. The molecule has 0 radical (unpaired) electrons. The minimum absolute atomic E-state index is 0.442. The number of pyridine rings is 1. The van der Waals surface area contributed by atoms with E-state index < -0.39 is 0 Å². The molecule has 0 saturated carbocycles. The maximum absolute atomic E-state index is 5.57. The highest BCUT2D eigenvalue weighted by atomic mass is 79.9. The van der Waals surface area contributed by atoms with E-state index in [0.717, 1.165) is 14.8 Å². The average Bonchev–Trinajstić information content (AvgIpc) is 1.85. The van der Waals surface area contributed by atoms with E-state index in [1.54, 1.807) is 0 Å². The molecule has 1 heterocycles. The Balaban J connectivity index is 3.06. The van der Waals surface area contributed by atoms with Crippen LogP contribution in [0.3, 0.4) is 0 Å². The zero-order valence-corrected chi connectivity index (χ0v) is 8.87. The number of nitrogens with zero attached hydrogens (tertiary/aromatic N) is 1. The maximum atomic E-state index is 5.57. The van der Waals surface area contributed by atoms with Crippen LogP contribution in [0.2, 0.25) is 0 Å². The van der Waals surface area contributed by atoms with Crippen LogP contribution in [-0.4, -0.2) is 4.98 Å². The van der Waals surface area contributed by atoms with Gasteiger partial charge in [0, 0.05) is 4.47 Å². The van der Waals surface area contributed by atoms with Crippen LogP contribution in [0.4, 0.5) is 0 Å². The molecule has 0 N–H and O–H groups in total. The van der Waals surface area contributed by atoms with E-state index in [0.29, 0.717) is 5.88 Å². The molecular weight excluding hydrogens is 281 g/mol. The van der Waals surface area contributed by atoms with Crippen molar-refractivity contribution >= 4 is 43.5 Å². The van der Waals surface area contributed by atoms with Gasteiger partial charge >= 0.3 is 0 Å². The second-order valence-corrected chi connectivity index (χ2v) is 3.73. The smallest absolute Gasteiger partial charge is 0.107 e. The first kappa shape index (κ1) is 8.50. The Labute approximate surface area is 81.1 Å². The predicted octanol–water partition coefficient (Wildman–Crippen LogP) is 3.35. The number of halogens is 3. The van der Waals surface area contributed by atoms with Crippen molar-refractivity contribution in [3.63, 3.8) is 0 Å². The SMILES string of the molecule is ClCc1cc(Br)cc(Br)n1. The van der Waals surface area contributed by atoms with Crippen LogP contribution in [0.1, 0.15) is 5.69 Å². The highest BCUT2D eigenvalue weighted by Gasteiger charge is 1.96. The van der Waals surface area contributed by atoms with Gasteiger partial charge in [-0.1, -0.05) is 15.9 Å². The van der Waals surface area contributed by atoms with Crippen molar-refractivity contribution in [2.24, 2.45) is 0 Å². The Hall–Kier alpha value is 0.400. The van der Waals surface area contributed by atoms with Gasteiger partial charge in [-0.3, -0.25) is 0 Å². The second-order valence-electron chi connectivity index (χ2n) is 1.73. The lowest BCUT2D eigenvalue weighted by Gasteiger charge is -1.96. The second kappa shape index (κ2) is 3.69. The summed E-state index contributed by atoms with van der Waals surface area (Å²) < 4.78 is 1.79. The predicted molar refractivity (Wildman–Crippen MR) is 49.2 cm³/mol. The Morgan fingerprint density at radius 3 is 2.60 bits per heavy atom. The number of hydrogen-bond acceptors (Lipinski definition) is 1. The Morgan fingerprint density at radius 1 is 1.40 bits per heavy atom. The lowest BCUT2D eigenvalue weighted by atomic mass is 10.4. The Morgan fingerprint density at radius 2 is 2.10 bits per heavy atom. The van der Waals surface area contributed by atoms with Crippen LogP contribution >= 0.6 is 43.5 Å². The molecule has 0 saturated heterocycles. The van der Waals surface area contributed by atoms with Crippen molar-refractivity contribution in [2.75, 3.05) is 0 Å². The standard InChI is InChI=1S/C6H4Br2ClN/c7-4-1-5(3-9)10-6(8)2-4/h1-2H,3H2. The highest BCUT2D eigenvalue weighted by molar-refractivity contribution is 9.11. The molecule has 1 nitrogen and oxygen atoms in total. The molecule has 0 unspecified atom stereocenters. The summed E-state index contributed by atoms with van der Waals surface area (Å²) in [6, 6.07) is 3.76. The normalized spacial score (nSPS) is 9.90. The summed E-state index contributed by atoms with van der Waals surface area (Å²) in [5.41, 5.74) is 0.864. The minimum atomic E-state index is 0.442. The quantitative estimate of drug-likeness (QED) is 0.569. The molecule has 54 valence electrons. The fraction of sp³-hybridized carbons (Fsp3) is 0.167. The summed E-state index contributed by atoms with van der Waals surface area (Å²) in [5.74, 6) is 0.442. The van der Waals surface area contributed by atoms with Crippen LogP contribution in [0, 0.1) is 0 Å². The molecule has 0 atom stereocenters. The third kappa shape index (κ3) is 2.22. The van der Waals surface area contributed by atoms with E-state index in [4.69, 9.17) is 11.6 Å². The Kier molecular flexibility index (Phi) is 3.14. The molecule has 1 rings (SSSR count). The zero-order valence-electron chi connectivity index (χ0n) is 4.94. The Bertz CT molecular complexity index is 219. The van der Waals surface area contributed by atoms with Crippen molar-refractivity contribution in [2.45, 2.75) is 5.88 Å². The van der Waals surface area contributed by atoms with Crippen molar-refractivity contribution in [3.05, 3.63) is 26.9 Å². The molecule has 0 aliphatic carbocycles. The molecule has 0 aromatic carbocycles. The largest absolute Gasteiger partial charge is 0.245 e. The van der Waals surface area contributed by atoms with Gasteiger partial charge in [-0.25, -0.2) is 4.98 Å². The van der Waals surface area contributed by atoms with Gasteiger partial charge in [-0.2, -0.15) is 0 Å². The summed E-state index contributed by atoms with van der Waals surface area (Å²) >= 11 is 12.1. The average molecular weight is 285 g/mol. The number of hydrogen-bond donors (Lipinski definition) is 0. The molecule has 1 aromatic rings. The summed E-state index contributed by atoms with van der Waals surface area (Å²) in [7, 11) is 0. The van der Waals surface area contributed by atoms with Gasteiger partial charge in [0.1, 0.15) is 4.60 Å². The number of alkyl halides is 1. The third-order valence-electron chi connectivity index (χ3n) is 0.949. The van der Waals surface area contributed by atoms with Gasteiger partial charge in [0.25, 0.3) is 0 Å². The van der Waals surface area contributed by atoms with Crippen molar-refractivity contribution in [1.29, 1.82) is 0 Å². The summed E-state index contributed by atoms with van der Waals surface area (Å²) in [6.07, 6.45) is 0. The van der Waals surface area contributed by atoms with Gasteiger partial charge in [0.2, 0.25) is 0 Å². The molecule has 0 fully saturated rings. The topological polar surface area (TPSA) is 12.9 Å². The monoisotopic (exact) mass is 283 g/mol. The van der Waals surface area contributed by atoms with Crippen molar-refractivity contribution in [1.82, 2.24) is 4.98 Å². The van der Waals surface area contributed by atoms with E-state index in [1.807, 2.05) is 12.1 Å². The lowest BCUT2D eigenvalue weighted by molar-refractivity contribution is 1.13. The number of rotatable bonds is 1. The number of aromatic nitrogens is 1. The van der Waals surface area contributed by atoms with E-state index >= 15 is 0 Å². The lowest BCUT2D eigenvalue weighted by Crippen LogP contribution is -1.84. The molecule has 4 heteroatoms. The first-order valence-electron chi connectivity index (χ1n) is 2.60. The molecule has 0 amide bonds. The van der Waals surface area contributed by atoms with Crippen LogP contribution < -0.4 is 0 Å². The molecule has 0 aliphatic heterocycles. The summed E-state index contributed by atoms with van der Waals surface area (Å²) in [5, 5.41) is 0. The molecule has 1 aromatic heterocycles. The van der Waals surface area contributed by atoms with Gasteiger partial charge in [0.05, 0.1) is 11.6 Å². The summed E-state index contributed by atoms with van der Waals surface area (Å²) in [6.45, 7) is 0. The first-order chi connectivity index (χ1) is 4.72. The van der Waals surface area contributed by atoms with E-state index in [1.165, 1.54) is 0 Å². The van der Waals surface area contributed by atoms with Gasteiger partial charge in [-0.15, -0.1) is 11.6 Å². The molecular formula is C6H4Br2ClN. The van der Waals surface area contributed by atoms with Crippen LogP contribution in [-0.2, 0) is 5.88 Å². The van der Waals surface area contributed by atoms with Crippen LogP contribution in [0.25, 0.3) is 0 Å². The van der Waals surface area contributed by atoms with E-state index in [-0.39, 0.29) is 0 Å². The van der Waals surface area contributed by atoms with Crippen molar-refractivity contribution < 1.29 is 0 Å². The highest BCUT2D eigenvalue weighted by Crippen LogP contribution is 2.17. The van der Waals surface area contributed by atoms with Gasteiger partial charge in [-0.05, 0) is 28.1 Å². The maximum Gasteiger partial charge on any atom is 0.107 e.